The predicted molar refractivity (Wildman–Crippen MR) is 108 cm³/mol. The molecule has 2 amide bonds. The first-order valence-electron chi connectivity index (χ1n) is 9.40. The molecule has 1 aromatic carbocycles. The number of alkyl carbamates (subject to hydrolysis) is 2. The van der Waals surface area contributed by atoms with Gasteiger partial charge in [-0.25, -0.2) is 14.4 Å². The van der Waals surface area contributed by atoms with Crippen LogP contribution in [0.25, 0.3) is 0 Å². The molecule has 0 aliphatic carbocycles. The number of carbonyl (C=O) groups is 3. The highest BCUT2D eigenvalue weighted by Crippen LogP contribution is 2.12. The second kappa shape index (κ2) is 11.7. The number of carboxylic acid groups (broad SMARTS) is 1. The van der Waals surface area contributed by atoms with Crippen molar-refractivity contribution in [2.45, 2.75) is 52.4 Å². The molecule has 1 rings (SSSR count). The van der Waals surface area contributed by atoms with Crippen molar-refractivity contribution in [2.24, 2.45) is 5.92 Å². The fourth-order valence-electron chi connectivity index (χ4n) is 2.41. The maximum Gasteiger partial charge on any atom is 0.407 e. The smallest absolute Gasteiger partial charge is 0.407 e. The lowest BCUT2D eigenvalue weighted by molar-refractivity contribution is -0.131. The minimum Gasteiger partial charge on any atom is -0.478 e. The summed E-state index contributed by atoms with van der Waals surface area (Å²) in [5, 5.41) is 14.1. The minimum absolute atomic E-state index is 0.141. The second-order valence-corrected chi connectivity index (χ2v) is 7.61. The van der Waals surface area contributed by atoms with Gasteiger partial charge in [-0.15, -0.1) is 0 Å². The molecule has 0 unspecified atom stereocenters. The molecule has 0 fully saturated rings. The molecule has 0 heterocycles. The van der Waals surface area contributed by atoms with E-state index in [1.165, 1.54) is 6.08 Å². The monoisotopic (exact) mass is 406 g/mol. The maximum atomic E-state index is 12.0. The molecule has 0 saturated carbocycles. The topological polar surface area (TPSA) is 114 Å². The standard InChI is InChI=1S/C21H30N2O6/c1-15(23-20(27)29-21(2,3)4)17(11-8-12-18(24)25)13-22-19(26)28-14-16-9-6-5-7-10-16/h5-10,12,15,17H,11,13-14H2,1-4H3,(H,22,26)(H,23,27)(H,24,25)/b12-8+/t15-,17+/m1/s1. The van der Waals surface area contributed by atoms with Crippen LogP contribution in [0, 0.1) is 5.92 Å². The van der Waals surface area contributed by atoms with Crippen molar-refractivity contribution in [1.82, 2.24) is 10.6 Å². The zero-order valence-corrected chi connectivity index (χ0v) is 17.3. The van der Waals surface area contributed by atoms with E-state index in [0.29, 0.717) is 6.42 Å². The Morgan fingerprint density at radius 1 is 1.14 bits per heavy atom. The number of nitrogens with one attached hydrogen (secondary N) is 2. The summed E-state index contributed by atoms with van der Waals surface area (Å²) in [6, 6.07) is 8.89. The third-order valence-corrected chi connectivity index (χ3v) is 3.87. The van der Waals surface area contributed by atoms with Crippen LogP contribution >= 0.6 is 0 Å². The zero-order valence-electron chi connectivity index (χ0n) is 17.3. The van der Waals surface area contributed by atoms with Gasteiger partial charge in [0, 0.05) is 18.7 Å². The van der Waals surface area contributed by atoms with Crippen molar-refractivity contribution in [3.05, 3.63) is 48.0 Å². The summed E-state index contributed by atoms with van der Waals surface area (Å²) in [5.74, 6) is -1.32. The Morgan fingerprint density at radius 3 is 2.38 bits per heavy atom. The molecule has 8 nitrogen and oxygen atoms in total. The number of hydrogen-bond acceptors (Lipinski definition) is 5. The van der Waals surface area contributed by atoms with E-state index in [-0.39, 0.29) is 25.1 Å². The number of ether oxygens (including phenoxy) is 2. The van der Waals surface area contributed by atoms with Crippen LogP contribution in [0.1, 0.15) is 39.7 Å². The van der Waals surface area contributed by atoms with E-state index in [1.807, 2.05) is 30.3 Å². The van der Waals surface area contributed by atoms with Crippen molar-refractivity contribution in [3.8, 4) is 0 Å². The van der Waals surface area contributed by atoms with Crippen LogP contribution < -0.4 is 10.6 Å². The lowest BCUT2D eigenvalue weighted by atomic mass is 9.97. The Balaban J connectivity index is 2.59. The molecule has 0 saturated heterocycles. The quantitative estimate of drug-likeness (QED) is 0.541. The van der Waals surface area contributed by atoms with E-state index in [2.05, 4.69) is 10.6 Å². The largest absolute Gasteiger partial charge is 0.478 e. The van der Waals surface area contributed by atoms with Crippen LogP contribution in [0.15, 0.2) is 42.5 Å². The molecular weight excluding hydrogens is 376 g/mol. The van der Waals surface area contributed by atoms with Crippen LogP contribution in [-0.2, 0) is 20.9 Å². The number of carboxylic acids is 1. The third-order valence-electron chi connectivity index (χ3n) is 3.87. The first-order valence-corrected chi connectivity index (χ1v) is 9.40. The molecule has 1 aromatic rings. The van der Waals surface area contributed by atoms with E-state index in [9.17, 15) is 14.4 Å². The fourth-order valence-corrected chi connectivity index (χ4v) is 2.41. The normalized spacial score (nSPS) is 13.4. The highest BCUT2D eigenvalue weighted by atomic mass is 16.6. The SMILES string of the molecule is C[C@@H](NC(=O)OC(C)(C)C)[C@@H](C/C=C/C(=O)O)CNC(=O)OCc1ccccc1. The van der Waals surface area contributed by atoms with Crippen LogP contribution in [0.5, 0.6) is 0 Å². The molecule has 0 aliphatic heterocycles. The molecular formula is C21H30N2O6. The van der Waals surface area contributed by atoms with Gasteiger partial charge in [-0.3, -0.25) is 0 Å². The average Bonchev–Trinajstić information content (AvgIpc) is 2.61. The number of rotatable bonds is 9. The minimum atomic E-state index is -1.06. The third kappa shape index (κ3) is 11.4. The van der Waals surface area contributed by atoms with Crippen molar-refractivity contribution in [3.63, 3.8) is 0 Å². The number of amides is 2. The van der Waals surface area contributed by atoms with Gasteiger partial charge in [-0.1, -0.05) is 36.4 Å². The van der Waals surface area contributed by atoms with Gasteiger partial charge in [-0.05, 0) is 45.6 Å². The van der Waals surface area contributed by atoms with Crippen LogP contribution in [-0.4, -0.2) is 41.4 Å². The molecule has 0 radical (unpaired) electrons. The lowest BCUT2D eigenvalue weighted by Gasteiger charge is -2.26. The number of aliphatic carboxylic acids is 1. The molecule has 3 N–H and O–H groups in total. The van der Waals surface area contributed by atoms with E-state index in [4.69, 9.17) is 14.6 Å². The van der Waals surface area contributed by atoms with Crippen molar-refractivity contribution >= 4 is 18.2 Å². The predicted octanol–water partition coefficient (Wildman–Crippen LogP) is 3.47. The summed E-state index contributed by atoms with van der Waals surface area (Å²) in [5.41, 5.74) is 0.227. The van der Waals surface area contributed by atoms with Gasteiger partial charge in [0.05, 0.1) is 0 Å². The van der Waals surface area contributed by atoms with E-state index in [1.54, 1.807) is 27.7 Å². The number of allylic oxidation sites excluding steroid dienone is 1. The van der Waals surface area contributed by atoms with Crippen LogP contribution in [0.4, 0.5) is 9.59 Å². The summed E-state index contributed by atoms with van der Waals surface area (Å²) >= 11 is 0. The molecule has 0 spiro atoms. The second-order valence-electron chi connectivity index (χ2n) is 7.61. The lowest BCUT2D eigenvalue weighted by Crippen LogP contribution is -2.44. The molecule has 29 heavy (non-hydrogen) atoms. The highest BCUT2D eigenvalue weighted by molar-refractivity contribution is 5.79. The molecule has 0 aromatic heterocycles. The van der Waals surface area contributed by atoms with Gasteiger partial charge in [0.15, 0.2) is 0 Å². The van der Waals surface area contributed by atoms with Gasteiger partial charge in [-0.2, -0.15) is 0 Å². The maximum absolute atomic E-state index is 12.0. The van der Waals surface area contributed by atoms with Crippen LogP contribution in [0.2, 0.25) is 0 Å². The molecule has 160 valence electrons. The van der Waals surface area contributed by atoms with E-state index < -0.39 is 23.8 Å². The van der Waals surface area contributed by atoms with Gasteiger partial charge < -0.3 is 25.2 Å². The van der Waals surface area contributed by atoms with Gasteiger partial charge >= 0.3 is 18.2 Å². The summed E-state index contributed by atoms with van der Waals surface area (Å²) in [4.78, 5) is 34.7. The summed E-state index contributed by atoms with van der Waals surface area (Å²) in [7, 11) is 0. The Labute approximate surface area is 171 Å². The van der Waals surface area contributed by atoms with Crippen molar-refractivity contribution in [1.29, 1.82) is 0 Å². The Morgan fingerprint density at radius 2 is 1.79 bits per heavy atom. The first-order chi connectivity index (χ1) is 13.6. The summed E-state index contributed by atoms with van der Waals surface area (Å²) in [6.07, 6.45) is 1.68. The van der Waals surface area contributed by atoms with E-state index >= 15 is 0 Å². The van der Waals surface area contributed by atoms with Gasteiger partial charge in [0.1, 0.15) is 12.2 Å². The Hall–Kier alpha value is -3.03. The zero-order chi connectivity index (χ0) is 21.9. The van der Waals surface area contributed by atoms with Gasteiger partial charge in [0.2, 0.25) is 0 Å². The highest BCUT2D eigenvalue weighted by Gasteiger charge is 2.23. The Kier molecular flexibility index (Phi) is 9.71. The molecule has 2 atom stereocenters. The summed E-state index contributed by atoms with van der Waals surface area (Å²) < 4.78 is 10.4. The molecule has 8 heteroatoms. The van der Waals surface area contributed by atoms with Crippen LogP contribution in [0.3, 0.4) is 0 Å². The Bertz CT molecular complexity index is 697. The summed E-state index contributed by atoms with van der Waals surface area (Å²) in [6.45, 7) is 7.37. The molecule has 0 bridgehead atoms. The first kappa shape index (κ1) is 24.0. The fraction of sp³-hybridized carbons (Fsp3) is 0.476. The van der Waals surface area contributed by atoms with E-state index in [0.717, 1.165) is 11.6 Å². The average molecular weight is 406 g/mol. The number of benzene rings is 1. The number of carbonyl (C=O) groups excluding carboxylic acids is 2. The van der Waals surface area contributed by atoms with Crippen molar-refractivity contribution < 1.29 is 29.0 Å². The molecule has 0 aliphatic rings. The van der Waals surface area contributed by atoms with Gasteiger partial charge in [0.25, 0.3) is 0 Å². The van der Waals surface area contributed by atoms with Crippen molar-refractivity contribution in [2.75, 3.05) is 6.54 Å². The number of hydrogen-bond donors (Lipinski definition) is 3.